The van der Waals surface area contributed by atoms with Crippen LogP contribution < -0.4 is 9.47 Å². The molecule has 0 bridgehead atoms. The van der Waals surface area contributed by atoms with Crippen LogP contribution in [0.15, 0.2) is 65.1 Å². The van der Waals surface area contributed by atoms with Crippen LogP contribution in [0.5, 0.6) is 11.5 Å². The van der Waals surface area contributed by atoms with E-state index in [1.165, 1.54) is 4.88 Å². The number of hydrogen-bond acceptors (Lipinski definition) is 5. The van der Waals surface area contributed by atoms with Crippen LogP contribution in [0, 0.1) is 32.6 Å². The fourth-order valence-electron chi connectivity index (χ4n) is 3.45. The third-order valence-corrected chi connectivity index (χ3v) is 5.96. The van der Waals surface area contributed by atoms with Gasteiger partial charge in [0.1, 0.15) is 29.4 Å². The van der Waals surface area contributed by atoms with Crippen molar-refractivity contribution in [1.29, 1.82) is 0 Å². The minimum absolute atomic E-state index is 0.324. The fraction of sp³-hybridized carbons (Fsp3) is 0.179. The van der Waals surface area contributed by atoms with Gasteiger partial charge in [-0.3, -0.25) is 0 Å². The number of aliphatic carboxylic acids is 1. The average Bonchev–Trinajstić information content (AvgIpc) is 3.38. The van der Waals surface area contributed by atoms with Crippen molar-refractivity contribution < 1.29 is 23.8 Å². The van der Waals surface area contributed by atoms with Gasteiger partial charge in [0.05, 0.1) is 4.88 Å². The van der Waals surface area contributed by atoms with Crippen molar-refractivity contribution in [3.63, 3.8) is 0 Å². The number of aryl methyl sites for hydroxylation is 3. The first kappa shape index (κ1) is 23.2. The van der Waals surface area contributed by atoms with Crippen molar-refractivity contribution in [3.8, 4) is 23.3 Å². The molecule has 4 aromatic rings. The molecule has 172 valence electrons. The van der Waals surface area contributed by atoms with Crippen LogP contribution in [0.1, 0.15) is 26.6 Å². The molecular formula is C28H24O5S. The lowest BCUT2D eigenvalue weighted by Crippen LogP contribution is -2.10. The molecule has 0 unspecified atom stereocenters. The van der Waals surface area contributed by atoms with Crippen molar-refractivity contribution in [2.24, 2.45) is 0 Å². The first-order valence-corrected chi connectivity index (χ1v) is 11.6. The van der Waals surface area contributed by atoms with E-state index in [9.17, 15) is 4.79 Å². The standard InChI is InChI=1S/C28H24O5S/c1-18-14-24(7-11-26(18)32-17-28(29)30)31-13-12-21(5-9-25-8-4-20(3)34-25)22-6-10-27-23(16-22)15-19(2)33-27/h4,6-8,10-12,14-16H,13,17H2,1-3H3,(H,29,30)/b21-12-. The quantitative estimate of drug-likeness (QED) is 0.315. The number of allylic oxidation sites excluding steroid dienone is 1. The summed E-state index contributed by atoms with van der Waals surface area (Å²) in [6, 6.07) is 17.4. The van der Waals surface area contributed by atoms with E-state index in [-0.39, 0.29) is 6.61 Å². The van der Waals surface area contributed by atoms with Crippen LogP contribution in [0.3, 0.4) is 0 Å². The van der Waals surface area contributed by atoms with Crippen molar-refractivity contribution in [2.75, 3.05) is 13.2 Å². The highest BCUT2D eigenvalue weighted by Gasteiger charge is 2.07. The Bertz CT molecular complexity index is 1430. The fourth-order valence-corrected chi connectivity index (χ4v) is 4.17. The second kappa shape index (κ2) is 10.3. The normalized spacial score (nSPS) is 11.2. The van der Waals surface area contributed by atoms with Crippen LogP contribution in [0.25, 0.3) is 16.5 Å². The van der Waals surface area contributed by atoms with Gasteiger partial charge in [0.2, 0.25) is 0 Å². The van der Waals surface area contributed by atoms with E-state index in [1.54, 1.807) is 23.5 Å². The molecule has 0 amide bonds. The number of rotatable bonds is 7. The highest BCUT2D eigenvalue weighted by molar-refractivity contribution is 7.12. The SMILES string of the molecule is Cc1cc2cc(/C(C#Cc3ccc(C)s3)=C\COc3ccc(OCC(=O)O)c(C)c3)ccc2o1. The minimum atomic E-state index is -1.01. The van der Waals surface area contributed by atoms with E-state index in [4.69, 9.17) is 19.0 Å². The lowest BCUT2D eigenvalue weighted by Gasteiger charge is -2.10. The molecule has 0 spiro atoms. The zero-order valence-corrected chi connectivity index (χ0v) is 20.0. The molecule has 0 saturated heterocycles. The Kier molecular flexibility index (Phi) is 7.05. The molecule has 0 aliphatic carbocycles. The summed E-state index contributed by atoms with van der Waals surface area (Å²) in [5.41, 5.74) is 3.51. The van der Waals surface area contributed by atoms with E-state index < -0.39 is 5.97 Å². The smallest absolute Gasteiger partial charge is 0.341 e. The molecule has 0 atom stereocenters. The summed E-state index contributed by atoms with van der Waals surface area (Å²) in [4.78, 5) is 13.0. The third kappa shape index (κ3) is 5.89. The van der Waals surface area contributed by atoms with Gasteiger partial charge in [0, 0.05) is 15.8 Å². The summed E-state index contributed by atoms with van der Waals surface area (Å²) in [6.45, 7) is 5.79. The summed E-state index contributed by atoms with van der Waals surface area (Å²) in [6.07, 6.45) is 1.96. The molecule has 0 saturated carbocycles. The molecule has 0 radical (unpaired) electrons. The van der Waals surface area contributed by atoms with Crippen LogP contribution in [-0.2, 0) is 4.79 Å². The van der Waals surface area contributed by atoms with E-state index in [1.807, 2.05) is 50.3 Å². The van der Waals surface area contributed by atoms with Gasteiger partial charge in [-0.15, -0.1) is 11.3 Å². The Labute approximate surface area is 202 Å². The number of benzene rings is 2. The summed E-state index contributed by atoms with van der Waals surface area (Å²) in [5.74, 6) is 7.61. The van der Waals surface area contributed by atoms with Crippen LogP contribution in [0.4, 0.5) is 0 Å². The maximum absolute atomic E-state index is 10.7. The molecule has 0 aliphatic rings. The number of fused-ring (bicyclic) bond motifs is 1. The number of ether oxygens (including phenoxy) is 2. The number of hydrogen-bond donors (Lipinski definition) is 1. The molecule has 5 nitrogen and oxygen atoms in total. The number of carbonyl (C=O) groups is 1. The van der Waals surface area contributed by atoms with E-state index in [0.29, 0.717) is 18.1 Å². The highest BCUT2D eigenvalue weighted by atomic mass is 32.1. The molecular weight excluding hydrogens is 448 g/mol. The van der Waals surface area contributed by atoms with E-state index in [2.05, 4.69) is 30.9 Å². The highest BCUT2D eigenvalue weighted by Crippen LogP contribution is 2.26. The second-order valence-electron chi connectivity index (χ2n) is 7.81. The Morgan fingerprint density at radius 2 is 1.91 bits per heavy atom. The predicted molar refractivity (Wildman–Crippen MR) is 135 cm³/mol. The number of thiophene rings is 1. The van der Waals surface area contributed by atoms with Gasteiger partial charge in [0.15, 0.2) is 6.61 Å². The predicted octanol–water partition coefficient (Wildman–Crippen LogP) is 6.40. The first-order valence-electron chi connectivity index (χ1n) is 10.7. The maximum Gasteiger partial charge on any atom is 0.341 e. The van der Waals surface area contributed by atoms with Gasteiger partial charge < -0.3 is 19.0 Å². The third-order valence-electron chi connectivity index (χ3n) is 5.05. The van der Waals surface area contributed by atoms with Gasteiger partial charge in [-0.25, -0.2) is 4.79 Å². The molecule has 34 heavy (non-hydrogen) atoms. The van der Waals surface area contributed by atoms with Crippen molar-refractivity contribution in [1.82, 2.24) is 0 Å². The van der Waals surface area contributed by atoms with Crippen LogP contribution in [0.2, 0.25) is 0 Å². The Hall–Kier alpha value is -3.95. The maximum atomic E-state index is 10.7. The second-order valence-corrected chi connectivity index (χ2v) is 9.10. The number of carboxylic acid groups (broad SMARTS) is 1. The van der Waals surface area contributed by atoms with Gasteiger partial charge >= 0.3 is 5.97 Å². The zero-order valence-electron chi connectivity index (χ0n) is 19.2. The zero-order chi connectivity index (χ0) is 24.1. The lowest BCUT2D eigenvalue weighted by atomic mass is 10.0. The van der Waals surface area contributed by atoms with Crippen molar-refractivity contribution in [3.05, 3.63) is 87.3 Å². The minimum Gasteiger partial charge on any atom is -0.489 e. The molecule has 0 aliphatic heterocycles. The molecule has 0 fully saturated rings. The summed E-state index contributed by atoms with van der Waals surface area (Å²) in [7, 11) is 0. The lowest BCUT2D eigenvalue weighted by molar-refractivity contribution is -0.139. The van der Waals surface area contributed by atoms with Crippen molar-refractivity contribution >= 4 is 33.8 Å². The first-order chi connectivity index (χ1) is 16.4. The van der Waals surface area contributed by atoms with Gasteiger partial charge in [0.25, 0.3) is 0 Å². The molecule has 2 aromatic carbocycles. The molecule has 2 aromatic heterocycles. The summed E-state index contributed by atoms with van der Waals surface area (Å²) >= 11 is 1.66. The van der Waals surface area contributed by atoms with E-state index in [0.717, 1.165) is 38.3 Å². The number of furan rings is 1. The Morgan fingerprint density at radius 1 is 1.06 bits per heavy atom. The number of carboxylic acids is 1. The molecule has 4 rings (SSSR count). The average molecular weight is 473 g/mol. The Morgan fingerprint density at radius 3 is 2.65 bits per heavy atom. The molecule has 2 heterocycles. The molecule has 1 N–H and O–H groups in total. The van der Waals surface area contributed by atoms with Crippen molar-refractivity contribution in [2.45, 2.75) is 20.8 Å². The van der Waals surface area contributed by atoms with Gasteiger partial charge in [-0.1, -0.05) is 11.8 Å². The topological polar surface area (TPSA) is 68.9 Å². The van der Waals surface area contributed by atoms with Crippen LogP contribution in [-0.4, -0.2) is 24.3 Å². The van der Waals surface area contributed by atoms with E-state index >= 15 is 0 Å². The Balaban J connectivity index is 1.56. The van der Waals surface area contributed by atoms with Gasteiger partial charge in [-0.05, 0) is 92.6 Å². The monoisotopic (exact) mass is 472 g/mol. The molecule has 6 heteroatoms. The van der Waals surface area contributed by atoms with Gasteiger partial charge in [-0.2, -0.15) is 0 Å². The largest absolute Gasteiger partial charge is 0.489 e. The summed E-state index contributed by atoms with van der Waals surface area (Å²) in [5, 5.41) is 9.82. The van der Waals surface area contributed by atoms with Crippen LogP contribution >= 0.6 is 11.3 Å². The summed E-state index contributed by atoms with van der Waals surface area (Å²) < 4.78 is 16.9.